The quantitative estimate of drug-likeness (QED) is 0.759. The summed E-state index contributed by atoms with van der Waals surface area (Å²) in [6, 6.07) is 16.2. The van der Waals surface area contributed by atoms with E-state index in [9.17, 15) is 0 Å². The molecule has 0 atom stereocenters. The van der Waals surface area contributed by atoms with Crippen molar-refractivity contribution in [3.05, 3.63) is 72.1 Å². The average Bonchev–Trinajstić information content (AvgIpc) is 2.53. The van der Waals surface area contributed by atoms with Crippen LogP contribution < -0.4 is 5.32 Å². The minimum atomic E-state index is 0.0823. The number of hydrogen-bond donors (Lipinski definition) is 2. The summed E-state index contributed by atoms with van der Waals surface area (Å²) in [5.41, 5.74) is 3.21. The number of nitrogens with one attached hydrogen (secondary N) is 1. The van der Waals surface area contributed by atoms with E-state index < -0.39 is 0 Å². The van der Waals surface area contributed by atoms with Gasteiger partial charge < -0.3 is 10.4 Å². The van der Waals surface area contributed by atoms with Gasteiger partial charge in [-0.2, -0.15) is 0 Å². The molecule has 0 saturated carbocycles. The third kappa shape index (κ3) is 2.78. The van der Waals surface area contributed by atoms with Gasteiger partial charge in [0, 0.05) is 30.0 Å². The highest BCUT2D eigenvalue weighted by Gasteiger charge is 1.98. The van der Waals surface area contributed by atoms with Gasteiger partial charge in [-0.05, 0) is 40.8 Å². The van der Waals surface area contributed by atoms with E-state index in [0.29, 0.717) is 0 Å². The van der Waals surface area contributed by atoms with Crippen molar-refractivity contribution in [3.63, 3.8) is 0 Å². The van der Waals surface area contributed by atoms with Gasteiger partial charge in [0.25, 0.3) is 0 Å². The van der Waals surface area contributed by atoms with Gasteiger partial charge >= 0.3 is 0 Å². The fourth-order valence-electron chi connectivity index (χ4n) is 2.17. The molecule has 100 valence electrons. The van der Waals surface area contributed by atoms with E-state index in [0.717, 1.165) is 23.2 Å². The number of aromatic nitrogens is 1. The fraction of sp³-hybridized carbons (Fsp3) is 0.118. The molecule has 1 heterocycles. The molecular weight excluding hydrogens is 248 g/mol. The lowest BCUT2D eigenvalue weighted by Crippen LogP contribution is -1.99. The van der Waals surface area contributed by atoms with E-state index in [2.05, 4.69) is 28.5 Å². The van der Waals surface area contributed by atoms with Crippen LogP contribution in [-0.4, -0.2) is 10.1 Å². The Morgan fingerprint density at radius 3 is 2.50 bits per heavy atom. The normalized spacial score (nSPS) is 10.7. The molecule has 0 radical (unpaired) electrons. The van der Waals surface area contributed by atoms with E-state index in [1.165, 1.54) is 10.9 Å². The van der Waals surface area contributed by atoms with Crippen molar-refractivity contribution in [1.29, 1.82) is 0 Å². The SMILES string of the molecule is OCc1ccc(NCc2ccc3cnccc3c2)cc1. The maximum atomic E-state index is 9.01. The first-order chi connectivity index (χ1) is 9.85. The Bertz CT molecular complexity index is 708. The summed E-state index contributed by atoms with van der Waals surface area (Å²) in [7, 11) is 0. The largest absolute Gasteiger partial charge is 0.392 e. The minimum Gasteiger partial charge on any atom is -0.392 e. The summed E-state index contributed by atoms with van der Waals surface area (Å²) in [6.07, 6.45) is 3.69. The molecule has 3 aromatic rings. The second-order valence-electron chi connectivity index (χ2n) is 4.77. The van der Waals surface area contributed by atoms with Crippen LogP contribution in [0.4, 0.5) is 5.69 Å². The van der Waals surface area contributed by atoms with Gasteiger partial charge in [-0.15, -0.1) is 0 Å². The lowest BCUT2D eigenvalue weighted by atomic mass is 10.1. The van der Waals surface area contributed by atoms with E-state index in [-0.39, 0.29) is 6.61 Å². The molecule has 20 heavy (non-hydrogen) atoms. The molecule has 0 fully saturated rings. The first-order valence-electron chi connectivity index (χ1n) is 6.61. The van der Waals surface area contributed by atoms with Gasteiger partial charge in [-0.1, -0.05) is 24.3 Å². The van der Waals surface area contributed by atoms with Crippen molar-refractivity contribution in [2.75, 3.05) is 5.32 Å². The van der Waals surface area contributed by atoms with Crippen molar-refractivity contribution in [2.45, 2.75) is 13.2 Å². The summed E-state index contributed by atoms with van der Waals surface area (Å²) in [6.45, 7) is 0.857. The molecule has 0 aliphatic rings. The van der Waals surface area contributed by atoms with Gasteiger partial charge in [0.15, 0.2) is 0 Å². The Labute approximate surface area is 117 Å². The summed E-state index contributed by atoms with van der Waals surface area (Å²) in [5.74, 6) is 0. The molecule has 2 N–H and O–H groups in total. The average molecular weight is 264 g/mol. The lowest BCUT2D eigenvalue weighted by molar-refractivity contribution is 0.282. The second-order valence-corrected chi connectivity index (χ2v) is 4.77. The maximum absolute atomic E-state index is 9.01. The predicted molar refractivity (Wildman–Crippen MR) is 81.4 cm³/mol. The first kappa shape index (κ1) is 12.6. The molecular formula is C17H16N2O. The molecule has 3 heteroatoms. The van der Waals surface area contributed by atoms with E-state index >= 15 is 0 Å². The summed E-state index contributed by atoms with van der Waals surface area (Å²) in [4.78, 5) is 4.12. The number of aliphatic hydroxyl groups excluding tert-OH is 1. The lowest BCUT2D eigenvalue weighted by Gasteiger charge is -2.08. The maximum Gasteiger partial charge on any atom is 0.0681 e. The van der Waals surface area contributed by atoms with Crippen molar-refractivity contribution in [2.24, 2.45) is 0 Å². The molecule has 0 aliphatic heterocycles. The molecule has 0 saturated heterocycles. The number of aliphatic hydroxyl groups is 1. The van der Waals surface area contributed by atoms with Gasteiger partial charge in [-0.25, -0.2) is 0 Å². The molecule has 0 bridgehead atoms. The van der Waals surface area contributed by atoms with Crippen LogP contribution in [-0.2, 0) is 13.2 Å². The zero-order valence-electron chi connectivity index (χ0n) is 11.1. The Hall–Kier alpha value is -2.39. The Morgan fingerprint density at radius 2 is 1.70 bits per heavy atom. The van der Waals surface area contributed by atoms with Crippen LogP contribution in [0.1, 0.15) is 11.1 Å². The third-order valence-corrected chi connectivity index (χ3v) is 3.34. The smallest absolute Gasteiger partial charge is 0.0681 e. The van der Waals surface area contributed by atoms with Gasteiger partial charge in [0.2, 0.25) is 0 Å². The predicted octanol–water partition coefficient (Wildman–Crippen LogP) is 3.34. The zero-order valence-corrected chi connectivity index (χ0v) is 11.1. The number of nitrogens with zero attached hydrogens (tertiary/aromatic N) is 1. The van der Waals surface area contributed by atoms with Crippen molar-refractivity contribution < 1.29 is 5.11 Å². The summed E-state index contributed by atoms with van der Waals surface area (Å²) < 4.78 is 0. The number of benzene rings is 2. The van der Waals surface area contributed by atoms with Crippen LogP contribution >= 0.6 is 0 Å². The van der Waals surface area contributed by atoms with E-state index in [1.807, 2.05) is 42.7 Å². The monoisotopic (exact) mass is 264 g/mol. The Morgan fingerprint density at radius 1 is 0.900 bits per heavy atom. The molecule has 3 rings (SSSR count). The zero-order chi connectivity index (χ0) is 13.8. The van der Waals surface area contributed by atoms with Gasteiger partial charge in [0.1, 0.15) is 0 Å². The second kappa shape index (κ2) is 5.72. The molecule has 3 nitrogen and oxygen atoms in total. The van der Waals surface area contributed by atoms with Crippen molar-refractivity contribution in [1.82, 2.24) is 4.98 Å². The number of fused-ring (bicyclic) bond motifs is 1. The summed E-state index contributed by atoms with van der Waals surface area (Å²) >= 11 is 0. The highest BCUT2D eigenvalue weighted by molar-refractivity contribution is 5.82. The van der Waals surface area contributed by atoms with Crippen LogP contribution in [0.3, 0.4) is 0 Å². The van der Waals surface area contributed by atoms with E-state index in [4.69, 9.17) is 5.11 Å². The Kier molecular flexibility index (Phi) is 3.61. The van der Waals surface area contributed by atoms with Crippen LogP contribution in [0.2, 0.25) is 0 Å². The molecule has 0 aliphatic carbocycles. The summed E-state index contributed by atoms with van der Waals surface area (Å²) in [5, 5.41) is 14.8. The molecule has 0 amide bonds. The topological polar surface area (TPSA) is 45.1 Å². The molecule has 1 aromatic heterocycles. The molecule has 2 aromatic carbocycles. The van der Waals surface area contributed by atoms with Crippen LogP contribution in [0.25, 0.3) is 10.8 Å². The number of rotatable bonds is 4. The van der Waals surface area contributed by atoms with E-state index in [1.54, 1.807) is 0 Å². The standard InChI is InChI=1S/C17H16N2O/c20-12-13-2-5-17(6-3-13)19-10-14-1-4-16-11-18-8-7-15(16)9-14/h1-9,11,19-20H,10,12H2. The van der Waals surface area contributed by atoms with Gasteiger partial charge in [0.05, 0.1) is 6.61 Å². The third-order valence-electron chi connectivity index (χ3n) is 3.34. The minimum absolute atomic E-state index is 0.0823. The highest BCUT2D eigenvalue weighted by Crippen LogP contribution is 2.16. The van der Waals surface area contributed by atoms with Crippen molar-refractivity contribution >= 4 is 16.5 Å². The first-order valence-corrected chi connectivity index (χ1v) is 6.61. The number of hydrogen-bond acceptors (Lipinski definition) is 3. The molecule has 0 unspecified atom stereocenters. The van der Waals surface area contributed by atoms with Crippen LogP contribution in [0, 0.1) is 0 Å². The van der Waals surface area contributed by atoms with Crippen LogP contribution in [0.5, 0.6) is 0 Å². The molecule has 0 spiro atoms. The number of pyridine rings is 1. The van der Waals surface area contributed by atoms with Gasteiger partial charge in [-0.3, -0.25) is 4.98 Å². The van der Waals surface area contributed by atoms with Crippen LogP contribution in [0.15, 0.2) is 60.9 Å². The fourth-order valence-corrected chi connectivity index (χ4v) is 2.17. The number of anilines is 1. The van der Waals surface area contributed by atoms with Crippen molar-refractivity contribution in [3.8, 4) is 0 Å². The Balaban J connectivity index is 1.72. The highest BCUT2D eigenvalue weighted by atomic mass is 16.3.